The van der Waals surface area contributed by atoms with E-state index >= 15 is 0 Å². The highest BCUT2D eigenvalue weighted by Crippen LogP contribution is 2.09. The standard InChI is InChI=1S/C16H32N2O3/c1-6-10-18(11-7-2)14(19)12-17-15(13(5)8-3)16(20)21-9-4/h13,15,17H,6-12H2,1-5H3. The van der Waals surface area contributed by atoms with Crippen LogP contribution in [0.15, 0.2) is 0 Å². The molecular weight excluding hydrogens is 268 g/mol. The number of esters is 1. The molecule has 0 saturated carbocycles. The lowest BCUT2D eigenvalue weighted by Gasteiger charge is -2.25. The Labute approximate surface area is 129 Å². The summed E-state index contributed by atoms with van der Waals surface area (Å²) in [6.45, 7) is 12.0. The third-order valence-electron chi connectivity index (χ3n) is 3.57. The molecule has 0 aliphatic rings. The van der Waals surface area contributed by atoms with E-state index in [-0.39, 0.29) is 24.3 Å². The Hall–Kier alpha value is -1.10. The van der Waals surface area contributed by atoms with Crippen LogP contribution in [0.4, 0.5) is 0 Å². The minimum Gasteiger partial charge on any atom is -0.465 e. The fourth-order valence-corrected chi connectivity index (χ4v) is 2.19. The number of ether oxygens (including phenoxy) is 1. The maximum Gasteiger partial charge on any atom is 0.323 e. The zero-order valence-electron chi connectivity index (χ0n) is 14.3. The molecule has 0 radical (unpaired) electrons. The zero-order chi connectivity index (χ0) is 16.3. The van der Waals surface area contributed by atoms with Crippen molar-refractivity contribution in [1.82, 2.24) is 10.2 Å². The van der Waals surface area contributed by atoms with Crippen LogP contribution in [0.5, 0.6) is 0 Å². The highest BCUT2D eigenvalue weighted by Gasteiger charge is 2.26. The predicted molar refractivity (Wildman–Crippen MR) is 85.0 cm³/mol. The van der Waals surface area contributed by atoms with Crippen LogP contribution in [0, 0.1) is 5.92 Å². The number of amides is 1. The molecule has 0 spiro atoms. The Bertz CT molecular complexity index is 302. The van der Waals surface area contributed by atoms with Gasteiger partial charge >= 0.3 is 5.97 Å². The van der Waals surface area contributed by atoms with Crippen molar-refractivity contribution in [2.24, 2.45) is 5.92 Å². The molecule has 0 aromatic carbocycles. The van der Waals surface area contributed by atoms with Crippen LogP contribution in [0.25, 0.3) is 0 Å². The second-order valence-electron chi connectivity index (χ2n) is 5.38. The van der Waals surface area contributed by atoms with Gasteiger partial charge in [-0.3, -0.25) is 14.9 Å². The minimum absolute atomic E-state index is 0.0521. The van der Waals surface area contributed by atoms with Crippen molar-refractivity contribution in [1.29, 1.82) is 0 Å². The second-order valence-corrected chi connectivity index (χ2v) is 5.38. The number of rotatable bonds is 11. The molecule has 2 atom stereocenters. The van der Waals surface area contributed by atoms with E-state index in [9.17, 15) is 9.59 Å². The summed E-state index contributed by atoms with van der Waals surface area (Å²) < 4.78 is 5.09. The fraction of sp³-hybridized carbons (Fsp3) is 0.875. The van der Waals surface area contributed by atoms with Gasteiger partial charge in [0.15, 0.2) is 0 Å². The molecule has 1 N–H and O–H groups in total. The lowest BCUT2D eigenvalue weighted by molar-refractivity contribution is -0.147. The van der Waals surface area contributed by atoms with E-state index in [1.54, 1.807) is 6.92 Å². The number of carbonyl (C=O) groups excluding carboxylic acids is 2. The summed E-state index contributed by atoms with van der Waals surface area (Å²) >= 11 is 0. The maximum atomic E-state index is 12.2. The van der Waals surface area contributed by atoms with Gasteiger partial charge in [-0.25, -0.2) is 0 Å². The molecule has 5 nitrogen and oxygen atoms in total. The van der Waals surface area contributed by atoms with Gasteiger partial charge in [0.2, 0.25) is 5.91 Å². The molecule has 21 heavy (non-hydrogen) atoms. The topological polar surface area (TPSA) is 58.6 Å². The SMILES string of the molecule is CCCN(CCC)C(=O)CNC(C(=O)OCC)C(C)CC. The van der Waals surface area contributed by atoms with Crippen LogP contribution in [0.3, 0.4) is 0 Å². The Morgan fingerprint density at radius 3 is 2.10 bits per heavy atom. The average molecular weight is 300 g/mol. The molecule has 0 rings (SSSR count). The number of hydrogen-bond acceptors (Lipinski definition) is 4. The van der Waals surface area contributed by atoms with E-state index < -0.39 is 6.04 Å². The summed E-state index contributed by atoms with van der Waals surface area (Å²) in [6, 6.07) is -0.413. The summed E-state index contributed by atoms with van der Waals surface area (Å²) in [5.74, 6) is -0.0730. The Balaban J connectivity index is 4.57. The van der Waals surface area contributed by atoms with Crippen LogP contribution in [-0.2, 0) is 14.3 Å². The van der Waals surface area contributed by atoms with Gasteiger partial charge in [0.05, 0.1) is 13.2 Å². The van der Waals surface area contributed by atoms with Gasteiger partial charge in [-0.15, -0.1) is 0 Å². The first-order chi connectivity index (χ1) is 10.0. The normalized spacial score (nSPS) is 13.6. The first-order valence-corrected chi connectivity index (χ1v) is 8.19. The lowest BCUT2D eigenvalue weighted by Crippen LogP contribution is -2.48. The highest BCUT2D eigenvalue weighted by atomic mass is 16.5. The highest BCUT2D eigenvalue weighted by molar-refractivity contribution is 5.80. The molecule has 2 unspecified atom stereocenters. The number of nitrogens with zero attached hydrogens (tertiary/aromatic N) is 1. The van der Waals surface area contributed by atoms with Crippen molar-refractivity contribution in [3.8, 4) is 0 Å². The van der Waals surface area contributed by atoms with E-state index in [1.165, 1.54) is 0 Å². The Morgan fingerprint density at radius 1 is 1.10 bits per heavy atom. The largest absolute Gasteiger partial charge is 0.465 e. The molecule has 0 bridgehead atoms. The summed E-state index contributed by atoms with van der Waals surface area (Å²) in [5.41, 5.74) is 0. The predicted octanol–water partition coefficient (Wildman–Crippen LogP) is 2.20. The summed E-state index contributed by atoms with van der Waals surface area (Å²) in [6.07, 6.45) is 2.75. The van der Waals surface area contributed by atoms with Crippen LogP contribution in [0.2, 0.25) is 0 Å². The molecule has 0 aliphatic heterocycles. The van der Waals surface area contributed by atoms with Gasteiger partial charge in [-0.05, 0) is 25.7 Å². The first-order valence-electron chi connectivity index (χ1n) is 8.19. The van der Waals surface area contributed by atoms with Gasteiger partial charge in [-0.2, -0.15) is 0 Å². The Morgan fingerprint density at radius 2 is 1.67 bits per heavy atom. The van der Waals surface area contributed by atoms with Crippen LogP contribution < -0.4 is 5.32 Å². The van der Waals surface area contributed by atoms with Crippen molar-refractivity contribution in [2.45, 2.75) is 59.9 Å². The van der Waals surface area contributed by atoms with E-state index in [2.05, 4.69) is 19.2 Å². The van der Waals surface area contributed by atoms with Crippen LogP contribution in [-0.4, -0.2) is 49.1 Å². The van der Waals surface area contributed by atoms with Crippen molar-refractivity contribution in [3.05, 3.63) is 0 Å². The van der Waals surface area contributed by atoms with E-state index in [0.29, 0.717) is 6.61 Å². The number of hydrogen-bond donors (Lipinski definition) is 1. The minimum atomic E-state index is -0.413. The number of nitrogens with one attached hydrogen (secondary N) is 1. The molecular formula is C16H32N2O3. The molecule has 1 amide bonds. The molecule has 5 heteroatoms. The van der Waals surface area contributed by atoms with Gasteiger partial charge in [0.1, 0.15) is 6.04 Å². The molecule has 0 fully saturated rings. The molecule has 0 aromatic heterocycles. The van der Waals surface area contributed by atoms with Gasteiger partial charge in [-0.1, -0.05) is 34.1 Å². The molecule has 124 valence electrons. The average Bonchev–Trinajstić information content (AvgIpc) is 2.46. The van der Waals surface area contributed by atoms with Crippen molar-refractivity contribution in [2.75, 3.05) is 26.2 Å². The molecule has 0 aliphatic carbocycles. The van der Waals surface area contributed by atoms with Crippen molar-refractivity contribution < 1.29 is 14.3 Å². The Kier molecular flexibility index (Phi) is 10.9. The second kappa shape index (κ2) is 11.5. The quantitative estimate of drug-likeness (QED) is 0.594. The summed E-state index contributed by atoms with van der Waals surface area (Å²) in [7, 11) is 0. The zero-order valence-corrected chi connectivity index (χ0v) is 14.3. The summed E-state index contributed by atoms with van der Waals surface area (Å²) in [4.78, 5) is 26.1. The monoisotopic (exact) mass is 300 g/mol. The van der Waals surface area contributed by atoms with E-state index in [1.807, 2.05) is 18.7 Å². The molecule has 0 heterocycles. The van der Waals surface area contributed by atoms with Gasteiger partial charge < -0.3 is 9.64 Å². The summed E-state index contributed by atoms with van der Waals surface area (Å²) in [5, 5.41) is 3.09. The fourth-order valence-electron chi connectivity index (χ4n) is 2.19. The smallest absolute Gasteiger partial charge is 0.323 e. The van der Waals surface area contributed by atoms with Crippen LogP contribution >= 0.6 is 0 Å². The lowest BCUT2D eigenvalue weighted by atomic mass is 9.99. The van der Waals surface area contributed by atoms with Gasteiger partial charge in [0.25, 0.3) is 0 Å². The van der Waals surface area contributed by atoms with Crippen molar-refractivity contribution >= 4 is 11.9 Å². The van der Waals surface area contributed by atoms with Gasteiger partial charge in [0, 0.05) is 13.1 Å². The number of carbonyl (C=O) groups is 2. The van der Waals surface area contributed by atoms with Crippen molar-refractivity contribution in [3.63, 3.8) is 0 Å². The van der Waals surface area contributed by atoms with E-state index in [0.717, 1.165) is 32.4 Å². The maximum absolute atomic E-state index is 12.2. The third-order valence-corrected chi connectivity index (χ3v) is 3.57. The third kappa shape index (κ3) is 7.46. The molecule has 0 aromatic rings. The van der Waals surface area contributed by atoms with E-state index in [4.69, 9.17) is 4.74 Å². The van der Waals surface area contributed by atoms with Crippen LogP contribution in [0.1, 0.15) is 53.9 Å². The molecule has 0 saturated heterocycles. The first kappa shape index (κ1) is 19.9.